The number of carbonyl (C=O) groups excluding carboxylic acids is 4. The molecule has 0 saturated carbocycles. The first-order valence-electron chi connectivity index (χ1n) is 9.36. The van der Waals surface area contributed by atoms with E-state index in [1.54, 1.807) is 7.05 Å². The summed E-state index contributed by atoms with van der Waals surface area (Å²) in [6.07, 6.45) is 0.879. The van der Waals surface area contributed by atoms with Crippen LogP contribution in [0.2, 0.25) is 5.02 Å². The molecule has 3 heterocycles. The molecule has 0 bridgehead atoms. The molecule has 1 aromatic carbocycles. The number of fused-ring (bicyclic) bond motifs is 2. The number of hydrogen-bond donors (Lipinski definition) is 0. The van der Waals surface area contributed by atoms with Crippen molar-refractivity contribution in [3.8, 4) is 0 Å². The highest BCUT2D eigenvalue weighted by molar-refractivity contribution is 6.43. The van der Waals surface area contributed by atoms with Crippen LogP contribution >= 0.6 is 11.6 Å². The Morgan fingerprint density at radius 2 is 1.86 bits per heavy atom. The Balaban J connectivity index is 1.68. The standard InChI is InChI=1S/C20H19ClFN3O4/c1-23-6-2-7-25-16(19(23)28)12-5-8-24(18(27)15(12)17(26)20(25)29)10-11-3-4-14(22)13(21)9-11/h3-4,9,15H,2,5-8,10H2,1H3. The van der Waals surface area contributed by atoms with Gasteiger partial charge in [-0.25, -0.2) is 4.39 Å². The van der Waals surface area contributed by atoms with Gasteiger partial charge in [0, 0.05) is 33.2 Å². The third-order valence-corrected chi connectivity index (χ3v) is 5.92. The van der Waals surface area contributed by atoms with E-state index in [1.165, 1.54) is 32.9 Å². The number of amides is 3. The van der Waals surface area contributed by atoms with Crippen LogP contribution in [0.25, 0.3) is 0 Å². The van der Waals surface area contributed by atoms with Crippen molar-refractivity contribution in [1.82, 2.24) is 14.7 Å². The van der Waals surface area contributed by atoms with E-state index in [1.807, 2.05) is 0 Å². The van der Waals surface area contributed by atoms with Crippen molar-refractivity contribution in [3.63, 3.8) is 0 Å². The van der Waals surface area contributed by atoms with Gasteiger partial charge in [0.2, 0.25) is 11.7 Å². The lowest BCUT2D eigenvalue weighted by Gasteiger charge is -2.39. The van der Waals surface area contributed by atoms with Crippen molar-refractivity contribution >= 4 is 35.1 Å². The Morgan fingerprint density at radius 3 is 2.59 bits per heavy atom. The molecule has 1 aromatic rings. The molecule has 0 N–H and O–H groups in total. The molecule has 4 rings (SSSR count). The van der Waals surface area contributed by atoms with E-state index in [0.29, 0.717) is 30.5 Å². The van der Waals surface area contributed by atoms with Gasteiger partial charge >= 0.3 is 0 Å². The monoisotopic (exact) mass is 419 g/mol. The molecule has 7 nitrogen and oxygen atoms in total. The van der Waals surface area contributed by atoms with Crippen molar-refractivity contribution in [3.05, 3.63) is 45.9 Å². The number of halogens is 2. The molecule has 3 aliphatic rings. The Morgan fingerprint density at radius 1 is 1.10 bits per heavy atom. The predicted molar refractivity (Wildman–Crippen MR) is 101 cm³/mol. The van der Waals surface area contributed by atoms with Gasteiger partial charge in [-0.3, -0.25) is 19.2 Å². The third-order valence-electron chi connectivity index (χ3n) is 5.63. The molecule has 2 fully saturated rings. The van der Waals surface area contributed by atoms with Gasteiger partial charge in [-0.2, -0.15) is 0 Å². The van der Waals surface area contributed by atoms with Crippen molar-refractivity contribution in [2.45, 2.75) is 19.4 Å². The number of benzene rings is 1. The first-order valence-corrected chi connectivity index (χ1v) is 9.74. The SMILES string of the molecule is CN1CCCN2C(=O)C(=O)C3C(=O)N(Cc4ccc(F)c(Cl)c4)CCC3=C2C1=O. The fraction of sp³-hybridized carbons (Fsp3) is 0.400. The third kappa shape index (κ3) is 3.21. The van der Waals surface area contributed by atoms with Gasteiger partial charge in [-0.1, -0.05) is 17.7 Å². The lowest BCUT2D eigenvalue weighted by molar-refractivity contribution is -0.153. The molecule has 1 atom stereocenters. The zero-order valence-corrected chi connectivity index (χ0v) is 16.5. The molecule has 3 aliphatic heterocycles. The summed E-state index contributed by atoms with van der Waals surface area (Å²) in [7, 11) is 1.64. The number of ketones is 1. The second-order valence-electron chi connectivity index (χ2n) is 7.47. The largest absolute Gasteiger partial charge is 0.340 e. The lowest BCUT2D eigenvalue weighted by Crippen LogP contribution is -2.55. The van der Waals surface area contributed by atoms with Crippen molar-refractivity contribution in [2.75, 3.05) is 26.7 Å². The number of hydrogen-bond acceptors (Lipinski definition) is 4. The summed E-state index contributed by atoms with van der Waals surface area (Å²) in [5.74, 6) is -4.29. The topological polar surface area (TPSA) is 78.0 Å². The Bertz CT molecular complexity index is 976. The first-order chi connectivity index (χ1) is 13.8. The fourth-order valence-corrected chi connectivity index (χ4v) is 4.33. The average Bonchev–Trinajstić information content (AvgIpc) is 2.83. The smallest absolute Gasteiger partial charge is 0.295 e. The average molecular weight is 420 g/mol. The predicted octanol–water partition coefficient (Wildman–Crippen LogP) is 1.36. The molecule has 1 unspecified atom stereocenters. The minimum Gasteiger partial charge on any atom is -0.340 e. The van der Waals surface area contributed by atoms with Gasteiger partial charge in [-0.15, -0.1) is 0 Å². The number of carbonyl (C=O) groups is 4. The summed E-state index contributed by atoms with van der Waals surface area (Å²) in [6.45, 7) is 1.17. The van der Waals surface area contributed by atoms with E-state index >= 15 is 0 Å². The number of Topliss-reactive ketones (excluding diaryl/α,β-unsaturated/α-hetero) is 1. The Hall–Kier alpha value is -2.74. The number of likely N-dealkylation sites (N-methyl/N-ethyl adjacent to an activating group) is 1. The normalized spacial score (nSPS) is 22.7. The summed E-state index contributed by atoms with van der Waals surface area (Å²) < 4.78 is 13.4. The van der Waals surface area contributed by atoms with Crippen LogP contribution in [0.1, 0.15) is 18.4 Å². The van der Waals surface area contributed by atoms with E-state index in [-0.39, 0.29) is 36.3 Å². The minimum absolute atomic E-state index is 0.0542. The van der Waals surface area contributed by atoms with Crippen molar-refractivity contribution in [2.24, 2.45) is 5.92 Å². The lowest BCUT2D eigenvalue weighted by atomic mass is 9.81. The molecule has 0 spiro atoms. The second kappa shape index (κ2) is 7.26. The highest BCUT2D eigenvalue weighted by atomic mass is 35.5. The molecule has 29 heavy (non-hydrogen) atoms. The molecular formula is C20H19ClFN3O4. The summed E-state index contributed by atoms with van der Waals surface area (Å²) in [5.41, 5.74) is 1.21. The van der Waals surface area contributed by atoms with Crippen LogP contribution in [0.3, 0.4) is 0 Å². The molecule has 0 aliphatic carbocycles. The number of piperidine rings is 1. The summed E-state index contributed by atoms with van der Waals surface area (Å²) in [6, 6.07) is 4.16. The summed E-state index contributed by atoms with van der Waals surface area (Å²) >= 11 is 5.81. The second-order valence-corrected chi connectivity index (χ2v) is 7.87. The van der Waals surface area contributed by atoms with E-state index in [2.05, 4.69) is 0 Å². The van der Waals surface area contributed by atoms with E-state index in [0.717, 1.165) is 0 Å². The van der Waals surface area contributed by atoms with Crippen LogP contribution in [0.5, 0.6) is 0 Å². The number of rotatable bonds is 2. The molecule has 0 aromatic heterocycles. The molecule has 0 radical (unpaired) electrons. The van der Waals surface area contributed by atoms with Gasteiger partial charge in [0.15, 0.2) is 0 Å². The Labute approximate surface area is 171 Å². The van der Waals surface area contributed by atoms with Crippen molar-refractivity contribution in [1.29, 1.82) is 0 Å². The summed E-state index contributed by atoms with van der Waals surface area (Å²) in [4.78, 5) is 55.5. The van der Waals surface area contributed by atoms with Crippen LogP contribution in [-0.2, 0) is 25.7 Å². The molecule has 3 amide bonds. The molecule has 2 saturated heterocycles. The van der Waals surface area contributed by atoms with Gasteiger partial charge in [0.1, 0.15) is 17.4 Å². The van der Waals surface area contributed by atoms with Gasteiger partial charge < -0.3 is 14.7 Å². The highest BCUT2D eigenvalue weighted by Gasteiger charge is 2.50. The number of nitrogens with zero attached hydrogens (tertiary/aromatic N) is 3. The van der Waals surface area contributed by atoms with Crippen LogP contribution in [-0.4, -0.2) is 64.9 Å². The Kier molecular flexibility index (Phi) is 4.90. The van der Waals surface area contributed by atoms with Crippen LogP contribution in [0, 0.1) is 11.7 Å². The maximum atomic E-state index is 13.4. The quantitative estimate of drug-likeness (QED) is 0.535. The minimum atomic E-state index is -1.27. The van der Waals surface area contributed by atoms with Crippen LogP contribution < -0.4 is 0 Å². The first kappa shape index (κ1) is 19.6. The molecule has 9 heteroatoms. The maximum absolute atomic E-state index is 13.4. The number of likely N-dealkylation sites (tertiary alicyclic amines) is 1. The fourth-order valence-electron chi connectivity index (χ4n) is 4.13. The van der Waals surface area contributed by atoms with E-state index < -0.39 is 29.3 Å². The van der Waals surface area contributed by atoms with Crippen LogP contribution in [0.4, 0.5) is 4.39 Å². The zero-order valence-electron chi connectivity index (χ0n) is 15.8. The highest BCUT2D eigenvalue weighted by Crippen LogP contribution is 2.36. The van der Waals surface area contributed by atoms with Gasteiger partial charge in [-0.05, 0) is 36.1 Å². The zero-order chi connectivity index (χ0) is 20.9. The molecular weight excluding hydrogens is 401 g/mol. The maximum Gasteiger partial charge on any atom is 0.295 e. The van der Waals surface area contributed by atoms with Gasteiger partial charge in [0.05, 0.1) is 5.02 Å². The van der Waals surface area contributed by atoms with Crippen LogP contribution in [0.15, 0.2) is 29.5 Å². The van der Waals surface area contributed by atoms with Gasteiger partial charge in [0.25, 0.3) is 11.8 Å². The summed E-state index contributed by atoms with van der Waals surface area (Å²) in [5, 5.41) is -0.0542. The van der Waals surface area contributed by atoms with Crippen molar-refractivity contribution < 1.29 is 23.6 Å². The van der Waals surface area contributed by atoms with E-state index in [9.17, 15) is 23.6 Å². The van der Waals surface area contributed by atoms with E-state index in [4.69, 9.17) is 11.6 Å². The molecule has 152 valence electrons.